The van der Waals surface area contributed by atoms with Crippen molar-refractivity contribution < 1.29 is 24.2 Å². The minimum absolute atomic E-state index is 0.00532. The van der Waals surface area contributed by atoms with Crippen LogP contribution in [0, 0.1) is 5.92 Å². The van der Waals surface area contributed by atoms with Crippen LogP contribution in [0.3, 0.4) is 0 Å². The molecular weight excluding hydrogens is 336 g/mol. The average Bonchev–Trinajstić information content (AvgIpc) is 2.67. The molecule has 2 amide bonds. The van der Waals surface area contributed by atoms with Gasteiger partial charge in [-0.15, -0.1) is 0 Å². The van der Waals surface area contributed by atoms with Gasteiger partial charge in [0.1, 0.15) is 0 Å². The number of likely N-dealkylation sites (tertiary alicyclic amines) is 1. The summed E-state index contributed by atoms with van der Waals surface area (Å²) < 4.78 is 5.43. The van der Waals surface area contributed by atoms with E-state index in [0.29, 0.717) is 38.3 Å². The first kappa shape index (κ1) is 18.4. The summed E-state index contributed by atoms with van der Waals surface area (Å²) in [5, 5.41) is 8.92. The largest absolute Gasteiger partial charge is 0.481 e. The van der Waals surface area contributed by atoms with E-state index < -0.39 is 12.1 Å². The number of carboxylic acids is 1. The molecule has 2 unspecified atom stereocenters. The van der Waals surface area contributed by atoms with E-state index in [1.54, 1.807) is 21.9 Å². The second-order valence-corrected chi connectivity index (χ2v) is 6.83. The molecule has 7 heteroatoms. The highest BCUT2D eigenvalue weighted by Crippen LogP contribution is 2.22. The van der Waals surface area contributed by atoms with Gasteiger partial charge in [-0.25, -0.2) is 0 Å². The topological polar surface area (TPSA) is 87.2 Å². The fraction of sp³-hybridized carbons (Fsp3) is 0.526. The van der Waals surface area contributed by atoms with Gasteiger partial charge in [0, 0.05) is 31.7 Å². The Balaban J connectivity index is 1.61. The molecule has 0 bridgehead atoms. The predicted molar refractivity (Wildman–Crippen MR) is 93.6 cm³/mol. The number of aliphatic carboxylic acids is 1. The highest BCUT2D eigenvalue weighted by molar-refractivity contribution is 5.94. The van der Waals surface area contributed by atoms with Crippen molar-refractivity contribution in [2.75, 3.05) is 32.8 Å². The molecule has 3 rings (SSSR count). The zero-order chi connectivity index (χ0) is 18.5. The third-order valence-corrected chi connectivity index (χ3v) is 4.93. The Labute approximate surface area is 152 Å². The van der Waals surface area contributed by atoms with Crippen molar-refractivity contribution >= 4 is 17.8 Å². The van der Waals surface area contributed by atoms with Gasteiger partial charge in [0.15, 0.2) is 0 Å². The molecular formula is C19H24N2O5. The molecule has 140 valence electrons. The lowest BCUT2D eigenvalue weighted by Gasteiger charge is -2.38. The van der Waals surface area contributed by atoms with Gasteiger partial charge >= 0.3 is 5.97 Å². The molecule has 1 aromatic rings. The molecule has 2 fully saturated rings. The van der Waals surface area contributed by atoms with E-state index in [1.165, 1.54) is 0 Å². The summed E-state index contributed by atoms with van der Waals surface area (Å²) in [6.45, 7) is 2.19. The normalized spacial score (nSPS) is 23.5. The highest BCUT2D eigenvalue weighted by atomic mass is 16.5. The third kappa shape index (κ3) is 4.40. The van der Waals surface area contributed by atoms with Gasteiger partial charge in [-0.1, -0.05) is 18.2 Å². The maximum absolute atomic E-state index is 12.9. The highest BCUT2D eigenvalue weighted by Gasteiger charge is 2.34. The van der Waals surface area contributed by atoms with Crippen molar-refractivity contribution in [3.8, 4) is 0 Å². The fourth-order valence-corrected chi connectivity index (χ4v) is 3.62. The van der Waals surface area contributed by atoms with Crippen molar-refractivity contribution in [2.45, 2.75) is 25.4 Å². The summed E-state index contributed by atoms with van der Waals surface area (Å²) in [7, 11) is 0. The lowest BCUT2D eigenvalue weighted by Crippen LogP contribution is -2.51. The summed E-state index contributed by atoms with van der Waals surface area (Å²) in [6, 6.07) is 9.09. The SMILES string of the molecule is O=C(O)CC1CN(C(=O)C2CCCN(C(=O)c3ccccc3)C2)CCO1. The maximum atomic E-state index is 12.9. The first-order valence-corrected chi connectivity index (χ1v) is 9.01. The lowest BCUT2D eigenvalue weighted by atomic mass is 9.95. The number of hydrogen-bond donors (Lipinski definition) is 1. The number of carbonyl (C=O) groups is 3. The number of amides is 2. The minimum Gasteiger partial charge on any atom is -0.481 e. The fourth-order valence-electron chi connectivity index (χ4n) is 3.62. The Hall–Kier alpha value is -2.41. The molecule has 0 aliphatic carbocycles. The number of piperidine rings is 1. The van der Waals surface area contributed by atoms with E-state index in [2.05, 4.69) is 0 Å². The minimum atomic E-state index is -0.929. The summed E-state index contributed by atoms with van der Waals surface area (Å²) in [6.07, 6.45) is 0.972. The van der Waals surface area contributed by atoms with Gasteiger partial charge < -0.3 is 19.6 Å². The quantitative estimate of drug-likeness (QED) is 0.873. The number of hydrogen-bond acceptors (Lipinski definition) is 4. The zero-order valence-corrected chi connectivity index (χ0v) is 14.7. The molecule has 1 N–H and O–H groups in total. The summed E-state index contributed by atoms with van der Waals surface area (Å²) in [5.41, 5.74) is 0.633. The monoisotopic (exact) mass is 360 g/mol. The summed E-state index contributed by atoms with van der Waals surface area (Å²) >= 11 is 0. The molecule has 26 heavy (non-hydrogen) atoms. The van der Waals surface area contributed by atoms with Gasteiger partial charge in [-0.2, -0.15) is 0 Å². The number of rotatable bonds is 4. The van der Waals surface area contributed by atoms with E-state index in [9.17, 15) is 14.4 Å². The molecule has 1 aromatic carbocycles. The Bertz CT molecular complexity index is 663. The molecule has 7 nitrogen and oxygen atoms in total. The summed E-state index contributed by atoms with van der Waals surface area (Å²) in [4.78, 5) is 39.8. The van der Waals surface area contributed by atoms with E-state index in [-0.39, 0.29) is 24.2 Å². The molecule has 2 saturated heterocycles. The first-order chi connectivity index (χ1) is 12.5. The second kappa shape index (κ2) is 8.31. The third-order valence-electron chi connectivity index (χ3n) is 4.93. The van der Waals surface area contributed by atoms with Crippen LogP contribution in [0.15, 0.2) is 30.3 Å². The summed E-state index contributed by atoms with van der Waals surface area (Å²) in [5.74, 6) is -1.22. The number of carbonyl (C=O) groups excluding carboxylic acids is 2. The van der Waals surface area contributed by atoms with Crippen LogP contribution in [0.25, 0.3) is 0 Å². The molecule has 0 radical (unpaired) electrons. The van der Waals surface area contributed by atoms with Gasteiger partial charge in [0.2, 0.25) is 5.91 Å². The van der Waals surface area contributed by atoms with Crippen LogP contribution < -0.4 is 0 Å². The molecule has 2 heterocycles. The van der Waals surface area contributed by atoms with Crippen molar-refractivity contribution in [2.24, 2.45) is 5.92 Å². The van der Waals surface area contributed by atoms with Crippen LogP contribution in [0.2, 0.25) is 0 Å². The number of benzene rings is 1. The molecule has 0 spiro atoms. The van der Waals surface area contributed by atoms with Crippen LogP contribution in [0.5, 0.6) is 0 Å². The van der Waals surface area contributed by atoms with Crippen molar-refractivity contribution in [1.29, 1.82) is 0 Å². The van der Waals surface area contributed by atoms with Crippen LogP contribution in [-0.4, -0.2) is 71.6 Å². The zero-order valence-electron chi connectivity index (χ0n) is 14.7. The van der Waals surface area contributed by atoms with Gasteiger partial charge in [0.25, 0.3) is 5.91 Å². The van der Waals surface area contributed by atoms with Gasteiger partial charge in [0.05, 0.1) is 25.0 Å². The molecule has 2 aliphatic heterocycles. The van der Waals surface area contributed by atoms with E-state index in [1.807, 2.05) is 18.2 Å². The van der Waals surface area contributed by atoms with Crippen LogP contribution in [-0.2, 0) is 14.3 Å². The predicted octanol–water partition coefficient (Wildman–Crippen LogP) is 1.24. The Morgan fingerprint density at radius 1 is 1.08 bits per heavy atom. The molecule has 2 atom stereocenters. The lowest BCUT2D eigenvalue weighted by molar-refractivity contribution is -0.150. The molecule has 0 aromatic heterocycles. The average molecular weight is 360 g/mol. The van der Waals surface area contributed by atoms with Crippen LogP contribution in [0.1, 0.15) is 29.6 Å². The Morgan fingerprint density at radius 3 is 2.58 bits per heavy atom. The van der Waals surface area contributed by atoms with Crippen molar-refractivity contribution in [1.82, 2.24) is 9.80 Å². The Morgan fingerprint density at radius 2 is 1.85 bits per heavy atom. The van der Waals surface area contributed by atoms with Gasteiger partial charge in [-0.05, 0) is 25.0 Å². The number of nitrogens with zero attached hydrogens (tertiary/aromatic N) is 2. The van der Waals surface area contributed by atoms with Crippen LogP contribution >= 0.6 is 0 Å². The van der Waals surface area contributed by atoms with Crippen LogP contribution in [0.4, 0.5) is 0 Å². The maximum Gasteiger partial charge on any atom is 0.306 e. The number of ether oxygens (including phenoxy) is 1. The first-order valence-electron chi connectivity index (χ1n) is 9.01. The second-order valence-electron chi connectivity index (χ2n) is 6.83. The van der Waals surface area contributed by atoms with Gasteiger partial charge in [-0.3, -0.25) is 14.4 Å². The molecule has 2 aliphatic rings. The van der Waals surface area contributed by atoms with Crippen molar-refractivity contribution in [3.05, 3.63) is 35.9 Å². The van der Waals surface area contributed by atoms with Crippen molar-refractivity contribution in [3.63, 3.8) is 0 Å². The smallest absolute Gasteiger partial charge is 0.306 e. The van der Waals surface area contributed by atoms with E-state index in [4.69, 9.17) is 9.84 Å². The number of carboxylic acid groups (broad SMARTS) is 1. The number of morpholine rings is 1. The Kier molecular flexibility index (Phi) is 5.88. The van der Waals surface area contributed by atoms with E-state index >= 15 is 0 Å². The van der Waals surface area contributed by atoms with E-state index in [0.717, 1.165) is 12.8 Å². The standard InChI is InChI=1S/C19H24N2O5/c22-17(23)11-16-13-21(9-10-26-16)19(25)15-7-4-8-20(12-15)18(24)14-5-2-1-3-6-14/h1-3,5-6,15-16H,4,7-13H2,(H,22,23). The molecule has 0 saturated carbocycles.